The van der Waals surface area contributed by atoms with Gasteiger partial charge in [0.2, 0.25) is 0 Å². The van der Waals surface area contributed by atoms with Crippen molar-refractivity contribution < 1.29 is 4.74 Å². The van der Waals surface area contributed by atoms with E-state index < -0.39 is 0 Å². The Morgan fingerprint density at radius 3 is 2.61 bits per heavy atom. The summed E-state index contributed by atoms with van der Waals surface area (Å²) < 4.78 is 7.93. The second-order valence-corrected chi connectivity index (χ2v) is 6.67. The molecule has 4 rings (SSSR count). The third-order valence-electron chi connectivity index (χ3n) is 4.74. The Hall–Kier alpha value is -1.73. The summed E-state index contributed by atoms with van der Waals surface area (Å²) in [6, 6.07) is 0.430. The monoisotopic (exact) mass is 316 g/mol. The van der Waals surface area contributed by atoms with E-state index in [0.29, 0.717) is 6.04 Å². The number of rotatable bonds is 2. The van der Waals surface area contributed by atoms with Crippen molar-refractivity contribution in [3.8, 4) is 0 Å². The minimum Gasteiger partial charge on any atom is -0.372 e. The number of anilines is 1. The second-order valence-electron chi connectivity index (χ2n) is 6.67. The smallest absolute Gasteiger partial charge is 0.163 e. The number of nitrogens with zero attached hydrogens (tertiary/aromatic N) is 5. The van der Waals surface area contributed by atoms with Crippen molar-refractivity contribution in [2.75, 3.05) is 31.1 Å². The van der Waals surface area contributed by atoms with E-state index in [1.54, 1.807) is 6.33 Å². The Balaban J connectivity index is 1.70. The molecule has 0 bridgehead atoms. The van der Waals surface area contributed by atoms with Crippen molar-refractivity contribution >= 4 is 16.9 Å². The standard InChI is InChI=1S/C16H24N6O/c1-11-8-21(9-12(2)23-11)15-14-7-20-22(16(14)19-10-18-15)13-3-5-17-6-4-13/h7,10-13,17H,3-6,8-9H2,1-2H3/t11-,12+. The fourth-order valence-electron chi connectivity index (χ4n) is 3.77. The van der Waals surface area contributed by atoms with Gasteiger partial charge in [0.25, 0.3) is 0 Å². The zero-order valence-electron chi connectivity index (χ0n) is 13.8. The first kappa shape index (κ1) is 14.8. The first-order valence-corrected chi connectivity index (χ1v) is 8.51. The quantitative estimate of drug-likeness (QED) is 0.902. The molecule has 0 amide bonds. The van der Waals surface area contributed by atoms with Crippen molar-refractivity contribution in [3.63, 3.8) is 0 Å². The summed E-state index contributed by atoms with van der Waals surface area (Å²) >= 11 is 0. The molecule has 2 aliphatic heterocycles. The van der Waals surface area contributed by atoms with Crippen molar-refractivity contribution in [1.29, 1.82) is 0 Å². The fourth-order valence-corrected chi connectivity index (χ4v) is 3.77. The number of morpholine rings is 1. The topological polar surface area (TPSA) is 68.1 Å². The van der Waals surface area contributed by atoms with E-state index in [4.69, 9.17) is 4.74 Å². The molecule has 2 aliphatic rings. The highest BCUT2D eigenvalue weighted by molar-refractivity contribution is 5.86. The SMILES string of the molecule is C[C@@H]1CN(c2ncnc3c2cnn3C2CCNCC2)C[C@H](C)O1. The number of hydrogen-bond acceptors (Lipinski definition) is 6. The molecule has 2 aromatic rings. The summed E-state index contributed by atoms with van der Waals surface area (Å²) in [5.74, 6) is 0.984. The number of ether oxygens (including phenoxy) is 1. The minimum absolute atomic E-state index is 0.211. The first-order valence-electron chi connectivity index (χ1n) is 8.51. The molecule has 0 aliphatic carbocycles. The van der Waals surface area contributed by atoms with Gasteiger partial charge in [-0.3, -0.25) is 0 Å². The highest BCUT2D eigenvalue weighted by atomic mass is 16.5. The van der Waals surface area contributed by atoms with Gasteiger partial charge in [-0.1, -0.05) is 0 Å². The summed E-state index contributed by atoms with van der Waals surface area (Å²) in [5, 5.41) is 9.09. The zero-order valence-corrected chi connectivity index (χ0v) is 13.8. The van der Waals surface area contributed by atoms with Crippen LogP contribution in [0.5, 0.6) is 0 Å². The predicted molar refractivity (Wildman–Crippen MR) is 88.7 cm³/mol. The van der Waals surface area contributed by atoms with Gasteiger partial charge in [0, 0.05) is 13.1 Å². The van der Waals surface area contributed by atoms with Crippen LogP contribution in [0.25, 0.3) is 11.0 Å². The van der Waals surface area contributed by atoms with Crippen LogP contribution in [-0.2, 0) is 4.74 Å². The molecule has 2 fully saturated rings. The Kier molecular flexibility index (Phi) is 3.90. The molecule has 0 radical (unpaired) electrons. The minimum atomic E-state index is 0.211. The maximum Gasteiger partial charge on any atom is 0.163 e. The molecule has 0 unspecified atom stereocenters. The van der Waals surface area contributed by atoms with E-state index in [1.807, 2.05) is 6.20 Å². The van der Waals surface area contributed by atoms with Gasteiger partial charge in [0.1, 0.15) is 12.1 Å². The number of nitrogens with one attached hydrogen (secondary N) is 1. The number of fused-ring (bicyclic) bond motifs is 1. The summed E-state index contributed by atoms with van der Waals surface area (Å²) in [7, 11) is 0. The lowest BCUT2D eigenvalue weighted by atomic mass is 10.1. The van der Waals surface area contributed by atoms with Crippen LogP contribution in [0.3, 0.4) is 0 Å². The van der Waals surface area contributed by atoms with Gasteiger partial charge in [0.05, 0.1) is 29.8 Å². The zero-order chi connectivity index (χ0) is 15.8. The molecule has 2 atom stereocenters. The second kappa shape index (κ2) is 6.05. The molecule has 0 spiro atoms. The number of aromatic nitrogens is 4. The molecule has 23 heavy (non-hydrogen) atoms. The van der Waals surface area contributed by atoms with E-state index in [-0.39, 0.29) is 12.2 Å². The maximum absolute atomic E-state index is 5.84. The average Bonchev–Trinajstić information content (AvgIpc) is 2.98. The van der Waals surface area contributed by atoms with Crippen LogP contribution >= 0.6 is 0 Å². The van der Waals surface area contributed by atoms with Crippen molar-refractivity contribution in [2.45, 2.75) is 44.9 Å². The van der Waals surface area contributed by atoms with Crippen LogP contribution in [0.2, 0.25) is 0 Å². The van der Waals surface area contributed by atoms with Crippen molar-refractivity contribution in [2.24, 2.45) is 0 Å². The Bertz CT molecular complexity index is 670. The van der Waals surface area contributed by atoms with Gasteiger partial charge >= 0.3 is 0 Å². The number of hydrogen-bond donors (Lipinski definition) is 1. The van der Waals surface area contributed by atoms with Gasteiger partial charge in [-0.2, -0.15) is 5.10 Å². The molecule has 2 aromatic heterocycles. The predicted octanol–water partition coefficient (Wildman–Crippen LogP) is 1.36. The van der Waals surface area contributed by atoms with Gasteiger partial charge in [0.15, 0.2) is 5.65 Å². The van der Waals surface area contributed by atoms with Crippen LogP contribution in [-0.4, -0.2) is 58.1 Å². The maximum atomic E-state index is 5.84. The lowest BCUT2D eigenvalue weighted by molar-refractivity contribution is -0.00537. The van der Waals surface area contributed by atoms with Crippen LogP contribution < -0.4 is 10.2 Å². The molecule has 2 saturated heterocycles. The molecule has 7 nitrogen and oxygen atoms in total. The molecule has 0 aromatic carbocycles. The van der Waals surface area contributed by atoms with Crippen LogP contribution in [0.15, 0.2) is 12.5 Å². The third-order valence-corrected chi connectivity index (χ3v) is 4.74. The van der Waals surface area contributed by atoms with Crippen LogP contribution in [0.1, 0.15) is 32.7 Å². The molecular weight excluding hydrogens is 292 g/mol. The molecule has 4 heterocycles. The third kappa shape index (κ3) is 2.79. The largest absolute Gasteiger partial charge is 0.372 e. The lowest BCUT2D eigenvalue weighted by Gasteiger charge is -2.36. The first-order chi connectivity index (χ1) is 11.2. The fraction of sp³-hybridized carbons (Fsp3) is 0.688. The van der Waals surface area contributed by atoms with Crippen LogP contribution in [0, 0.1) is 0 Å². The Labute approximate surface area is 136 Å². The highest BCUT2D eigenvalue weighted by Crippen LogP contribution is 2.28. The van der Waals surface area contributed by atoms with E-state index >= 15 is 0 Å². The number of piperidine rings is 1. The summed E-state index contributed by atoms with van der Waals surface area (Å²) in [5.41, 5.74) is 0.952. The van der Waals surface area contributed by atoms with Gasteiger partial charge in [-0.25, -0.2) is 14.6 Å². The summed E-state index contributed by atoms with van der Waals surface area (Å²) in [6.07, 6.45) is 6.22. The summed E-state index contributed by atoms with van der Waals surface area (Å²) in [4.78, 5) is 11.4. The molecule has 7 heteroatoms. The Morgan fingerprint density at radius 2 is 1.87 bits per heavy atom. The highest BCUT2D eigenvalue weighted by Gasteiger charge is 2.26. The van der Waals surface area contributed by atoms with E-state index in [0.717, 1.165) is 55.9 Å². The molecule has 124 valence electrons. The van der Waals surface area contributed by atoms with Gasteiger partial charge < -0.3 is 15.0 Å². The lowest BCUT2D eigenvalue weighted by Crippen LogP contribution is -2.45. The van der Waals surface area contributed by atoms with Crippen molar-refractivity contribution in [3.05, 3.63) is 12.5 Å². The van der Waals surface area contributed by atoms with E-state index in [9.17, 15) is 0 Å². The molecule has 1 N–H and O–H groups in total. The van der Waals surface area contributed by atoms with Gasteiger partial charge in [-0.05, 0) is 39.8 Å². The Morgan fingerprint density at radius 1 is 1.13 bits per heavy atom. The average molecular weight is 316 g/mol. The van der Waals surface area contributed by atoms with Crippen molar-refractivity contribution in [1.82, 2.24) is 25.1 Å². The summed E-state index contributed by atoms with van der Waals surface area (Å²) in [6.45, 7) is 8.02. The van der Waals surface area contributed by atoms with E-state index in [1.165, 1.54) is 0 Å². The van der Waals surface area contributed by atoms with Gasteiger partial charge in [-0.15, -0.1) is 0 Å². The van der Waals surface area contributed by atoms with Crippen LogP contribution in [0.4, 0.5) is 5.82 Å². The molecule has 0 saturated carbocycles. The van der Waals surface area contributed by atoms with E-state index in [2.05, 4.69) is 43.8 Å². The normalized spacial score (nSPS) is 26.8. The molecular formula is C16H24N6O.